The number of amides is 1. The summed E-state index contributed by atoms with van der Waals surface area (Å²) in [6.45, 7) is 3.24. The first kappa shape index (κ1) is 18.6. The number of ether oxygens (including phenoxy) is 1. The summed E-state index contributed by atoms with van der Waals surface area (Å²) in [7, 11) is 5.63. The van der Waals surface area contributed by atoms with Gasteiger partial charge in [0.25, 0.3) is 5.91 Å². The maximum atomic E-state index is 13.5. The highest BCUT2D eigenvalue weighted by atomic mass is 16.5. The largest absolute Gasteiger partial charge is 0.368 e. The molecular weight excluding hydrogens is 342 g/mol. The van der Waals surface area contributed by atoms with Gasteiger partial charge in [-0.3, -0.25) is 4.79 Å². The predicted molar refractivity (Wildman–Crippen MR) is 104 cm³/mol. The molecule has 4 rings (SSSR count). The van der Waals surface area contributed by atoms with Gasteiger partial charge in [-0.05, 0) is 57.2 Å². The highest BCUT2D eigenvalue weighted by molar-refractivity contribution is 5.85. The Morgan fingerprint density at radius 2 is 2.04 bits per heavy atom. The molecule has 1 aromatic heterocycles. The Kier molecular flexibility index (Phi) is 4.84. The summed E-state index contributed by atoms with van der Waals surface area (Å²) >= 11 is 0. The summed E-state index contributed by atoms with van der Waals surface area (Å²) in [5, 5.41) is 3.34. The number of hydrogen-bond acceptors (Lipinski definition) is 6. The van der Waals surface area contributed by atoms with E-state index in [-0.39, 0.29) is 11.3 Å². The standard InChI is InChI=1S/C20H31N5O2/c1-24(2)18-22-13-15-5-7-19(16(15)23-18)6-4-12-25(14-19)17(26)20(27-3)8-10-21-11-9-20/h13,21H,4-12,14H2,1-3H3. The van der Waals surface area contributed by atoms with Crippen LogP contribution >= 0.6 is 0 Å². The molecule has 1 unspecified atom stereocenters. The third-order valence-electron chi connectivity index (χ3n) is 6.68. The molecule has 27 heavy (non-hydrogen) atoms. The number of anilines is 1. The van der Waals surface area contributed by atoms with Gasteiger partial charge in [-0.2, -0.15) is 0 Å². The summed E-state index contributed by atoms with van der Waals surface area (Å²) in [4.78, 5) is 26.9. The second-order valence-corrected chi connectivity index (χ2v) is 8.50. The lowest BCUT2D eigenvalue weighted by Crippen LogP contribution is -2.59. The lowest BCUT2D eigenvalue weighted by atomic mass is 9.76. The fourth-order valence-corrected chi connectivity index (χ4v) is 5.07. The van der Waals surface area contributed by atoms with Crippen molar-refractivity contribution in [1.82, 2.24) is 20.2 Å². The van der Waals surface area contributed by atoms with E-state index in [0.29, 0.717) is 0 Å². The molecule has 3 aliphatic rings. The Bertz CT molecular complexity index is 712. The first-order chi connectivity index (χ1) is 13.0. The van der Waals surface area contributed by atoms with Crippen molar-refractivity contribution < 1.29 is 9.53 Å². The normalized spacial score (nSPS) is 26.9. The minimum atomic E-state index is -0.661. The second kappa shape index (κ2) is 7.02. The Labute approximate surface area is 161 Å². The van der Waals surface area contributed by atoms with Gasteiger partial charge in [-0.25, -0.2) is 9.97 Å². The van der Waals surface area contributed by atoms with Crippen molar-refractivity contribution in [1.29, 1.82) is 0 Å². The molecule has 1 atom stereocenters. The number of likely N-dealkylation sites (tertiary alicyclic amines) is 1. The smallest absolute Gasteiger partial charge is 0.254 e. The van der Waals surface area contributed by atoms with E-state index < -0.39 is 5.60 Å². The molecule has 1 N–H and O–H groups in total. The SMILES string of the molecule is COC1(C(=O)N2CCCC3(CCc4cnc(N(C)C)nc43)C2)CCNCC1. The van der Waals surface area contributed by atoms with Crippen LogP contribution in [0.3, 0.4) is 0 Å². The van der Waals surface area contributed by atoms with Gasteiger partial charge < -0.3 is 19.9 Å². The average molecular weight is 374 g/mol. The summed E-state index contributed by atoms with van der Waals surface area (Å²) in [6, 6.07) is 0. The van der Waals surface area contributed by atoms with Crippen LogP contribution in [0.2, 0.25) is 0 Å². The molecule has 7 nitrogen and oxygen atoms in total. The summed E-state index contributed by atoms with van der Waals surface area (Å²) in [5.41, 5.74) is 1.72. The van der Waals surface area contributed by atoms with Crippen molar-refractivity contribution in [3.8, 4) is 0 Å². The van der Waals surface area contributed by atoms with E-state index in [1.165, 1.54) is 5.56 Å². The van der Waals surface area contributed by atoms with Crippen LogP contribution in [0.4, 0.5) is 5.95 Å². The van der Waals surface area contributed by atoms with Crippen molar-refractivity contribution in [2.45, 2.75) is 49.5 Å². The van der Waals surface area contributed by atoms with Crippen molar-refractivity contribution in [2.75, 3.05) is 52.3 Å². The van der Waals surface area contributed by atoms with E-state index in [9.17, 15) is 4.79 Å². The van der Waals surface area contributed by atoms with Crippen molar-refractivity contribution in [3.05, 3.63) is 17.5 Å². The van der Waals surface area contributed by atoms with Crippen LogP contribution in [0.1, 0.15) is 43.4 Å². The summed E-state index contributed by atoms with van der Waals surface area (Å²) in [5.74, 6) is 0.922. The number of carbonyl (C=O) groups is 1. The zero-order valence-electron chi connectivity index (χ0n) is 16.8. The molecular formula is C20H31N5O2. The van der Waals surface area contributed by atoms with E-state index in [4.69, 9.17) is 9.72 Å². The fraction of sp³-hybridized carbons (Fsp3) is 0.750. The van der Waals surface area contributed by atoms with Crippen molar-refractivity contribution in [2.24, 2.45) is 0 Å². The van der Waals surface area contributed by atoms with E-state index in [2.05, 4.69) is 15.2 Å². The summed E-state index contributed by atoms with van der Waals surface area (Å²) in [6.07, 6.45) is 7.64. The molecule has 7 heteroatoms. The number of nitrogens with one attached hydrogen (secondary N) is 1. The third-order valence-corrected chi connectivity index (χ3v) is 6.68. The first-order valence-electron chi connectivity index (χ1n) is 10.1. The topological polar surface area (TPSA) is 70.6 Å². The quantitative estimate of drug-likeness (QED) is 0.856. The molecule has 3 heterocycles. The first-order valence-corrected chi connectivity index (χ1v) is 10.1. The maximum absolute atomic E-state index is 13.5. The van der Waals surface area contributed by atoms with Crippen LogP contribution in [0.15, 0.2) is 6.20 Å². The molecule has 0 radical (unpaired) electrons. The van der Waals surface area contributed by atoms with Gasteiger partial charge in [0.2, 0.25) is 5.95 Å². The highest BCUT2D eigenvalue weighted by Crippen LogP contribution is 2.45. The number of nitrogens with zero attached hydrogens (tertiary/aromatic N) is 4. The Morgan fingerprint density at radius 1 is 1.26 bits per heavy atom. The van der Waals surface area contributed by atoms with Gasteiger partial charge in [-0.15, -0.1) is 0 Å². The molecule has 2 saturated heterocycles. The number of carbonyl (C=O) groups excluding carboxylic acids is 1. The molecule has 148 valence electrons. The zero-order valence-corrected chi connectivity index (χ0v) is 16.8. The van der Waals surface area contributed by atoms with Crippen LogP contribution in [0.5, 0.6) is 0 Å². The number of rotatable bonds is 3. The minimum Gasteiger partial charge on any atom is -0.368 e. The monoisotopic (exact) mass is 373 g/mol. The van der Waals surface area contributed by atoms with Gasteiger partial charge >= 0.3 is 0 Å². The van der Waals surface area contributed by atoms with E-state index >= 15 is 0 Å². The predicted octanol–water partition coefficient (Wildman–Crippen LogP) is 1.12. The van der Waals surface area contributed by atoms with Crippen LogP contribution in [0.25, 0.3) is 0 Å². The minimum absolute atomic E-state index is 0.0290. The number of hydrogen-bond donors (Lipinski definition) is 1. The van der Waals surface area contributed by atoms with E-state index in [1.807, 2.05) is 25.2 Å². The highest BCUT2D eigenvalue weighted by Gasteiger charge is 2.49. The molecule has 1 amide bonds. The van der Waals surface area contributed by atoms with Crippen molar-refractivity contribution >= 4 is 11.9 Å². The van der Waals surface area contributed by atoms with Gasteiger partial charge in [-0.1, -0.05) is 0 Å². The second-order valence-electron chi connectivity index (χ2n) is 8.50. The van der Waals surface area contributed by atoms with E-state index in [0.717, 1.165) is 76.3 Å². The molecule has 2 fully saturated rings. The third kappa shape index (κ3) is 3.10. The van der Waals surface area contributed by atoms with Crippen LogP contribution in [-0.4, -0.2) is 73.8 Å². The lowest BCUT2D eigenvalue weighted by molar-refractivity contribution is -0.160. The Balaban J connectivity index is 1.61. The molecule has 0 aromatic carbocycles. The molecule has 0 saturated carbocycles. The number of piperidine rings is 2. The van der Waals surface area contributed by atoms with Crippen LogP contribution in [0, 0.1) is 0 Å². The van der Waals surface area contributed by atoms with Gasteiger partial charge in [0, 0.05) is 45.9 Å². The lowest BCUT2D eigenvalue weighted by Gasteiger charge is -2.45. The van der Waals surface area contributed by atoms with Crippen LogP contribution < -0.4 is 10.2 Å². The number of methoxy groups -OCH3 is 1. The van der Waals surface area contributed by atoms with Crippen LogP contribution in [-0.2, 0) is 21.4 Å². The molecule has 1 aromatic rings. The van der Waals surface area contributed by atoms with Gasteiger partial charge in [0.05, 0.1) is 5.69 Å². The molecule has 1 spiro atoms. The summed E-state index contributed by atoms with van der Waals surface area (Å²) < 4.78 is 5.80. The van der Waals surface area contributed by atoms with Gasteiger partial charge in [0.1, 0.15) is 5.60 Å². The Hall–Kier alpha value is -1.73. The molecule has 2 aliphatic heterocycles. The molecule has 0 bridgehead atoms. The van der Waals surface area contributed by atoms with Crippen molar-refractivity contribution in [3.63, 3.8) is 0 Å². The average Bonchev–Trinajstić information content (AvgIpc) is 3.05. The number of aromatic nitrogens is 2. The number of aryl methyl sites for hydroxylation is 1. The Morgan fingerprint density at radius 3 is 2.74 bits per heavy atom. The van der Waals surface area contributed by atoms with Gasteiger partial charge in [0.15, 0.2) is 0 Å². The maximum Gasteiger partial charge on any atom is 0.254 e. The zero-order chi connectivity index (χ0) is 19.1. The number of fused-ring (bicyclic) bond motifs is 2. The molecule has 1 aliphatic carbocycles. The van der Waals surface area contributed by atoms with E-state index in [1.54, 1.807) is 7.11 Å². The fourth-order valence-electron chi connectivity index (χ4n) is 5.07.